The highest BCUT2D eigenvalue weighted by Gasteiger charge is 2.32. The van der Waals surface area contributed by atoms with Gasteiger partial charge >= 0.3 is 0 Å². The molecule has 19 heavy (non-hydrogen) atoms. The van der Waals surface area contributed by atoms with Gasteiger partial charge < -0.3 is 20.1 Å². The molecule has 0 aromatic carbocycles. The number of halogens is 1. The van der Waals surface area contributed by atoms with Crippen LogP contribution in [0.15, 0.2) is 4.99 Å². The SMILES string of the molecule is COC1(CN=C(N)N2CCCCC2)CCOCC1.I. The van der Waals surface area contributed by atoms with Crippen molar-refractivity contribution in [2.45, 2.75) is 37.7 Å². The van der Waals surface area contributed by atoms with Crippen LogP contribution in [0.25, 0.3) is 0 Å². The van der Waals surface area contributed by atoms with E-state index in [1.807, 2.05) is 0 Å². The minimum Gasteiger partial charge on any atom is -0.381 e. The third kappa shape index (κ3) is 4.75. The number of rotatable bonds is 3. The Balaban J connectivity index is 0.00000180. The van der Waals surface area contributed by atoms with Crippen LogP contribution in [0.1, 0.15) is 32.1 Å². The van der Waals surface area contributed by atoms with Gasteiger partial charge in [-0.2, -0.15) is 0 Å². The molecule has 2 heterocycles. The summed E-state index contributed by atoms with van der Waals surface area (Å²) in [5.41, 5.74) is 5.90. The van der Waals surface area contributed by atoms with Crippen LogP contribution in [0, 0.1) is 0 Å². The minimum absolute atomic E-state index is 0. The van der Waals surface area contributed by atoms with Gasteiger partial charge in [0.2, 0.25) is 0 Å². The molecule has 0 radical (unpaired) electrons. The van der Waals surface area contributed by atoms with E-state index >= 15 is 0 Å². The molecule has 0 amide bonds. The van der Waals surface area contributed by atoms with Gasteiger partial charge in [-0.1, -0.05) is 0 Å². The van der Waals surface area contributed by atoms with E-state index in [-0.39, 0.29) is 29.6 Å². The Hall–Kier alpha value is -0.0800. The number of guanidine groups is 1. The summed E-state index contributed by atoms with van der Waals surface area (Å²) < 4.78 is 11.0. The topological polar surface area (TPSA) is 60.1 Å². The van der Waals surface area contributed by atoms with Gasteiger partial charge in [-0.25, -0.2) is 0 Å². The molecule has 0 aromatic heterocycles. The largest absolute Gasteiger partial charge is 0.381 e. The smallest absolute Gasteiger partial charge is 0.191 e. The third-order valence-electron chi connectivity index (χ3n) is 4.05. The van der Waals surface area contributed by atoms with Crippen molar-refractivity contribution in [3.63, 3.8) is 0 Å². The zero-order valence-corrected chi connectivity index (χ0v) is 14.1. The Bertz CT molecular complexity index is 288. The van der Waals surface area contributed by atoms with E-state index in [1.165, 1.54) is 19.3 Å². The van der Waals surface area contributed by atoms with Gasteiger partial charge in [0.05, 0.1) is 12.1 Å². The zero-order valence-electron chi connectivity index (χ0n) is 11.8. The number of nitrogens with zero attached hydrogens (tertiary/aromatic N) is 2. The van der Waals surface area contributed by atoms with Crippen LogP contribution >= 0.6 is 24.0 Å². The highest BCUT2D eigenvalue weighted by molar-refractivity contribution is 14.0. The highest BCUT2D eigenvalue weighted by atomic mass is 127. The number of piperidine rings is 1. The number of hydrogen-bond acceptors (Lipinski definition) is 3. The fraction of sp³-hybridized carbons (Fsp3) is 0.923. The van der Waals surface area contributed by atoms with Gasteiger partial charge in [0, 0.05) is 46.3 Å². The van der Waals surface area contributed by atoms with Gasteiger partial charge in [-0.3, -0.25) is 4.99 Å². The Morgan fingerprint density at radius 2 is 1.89 bits per heavy atom. The number of nitrogens with two attached hydrogens (primary N) is 1. The molecular formula is C13H26IN3O2. The molecule has 2 aliphatic rings. The van der Waals surface area contributed by atoms with Crippen molar-refractivity contribution in [3.05, 3.63) is 0 Å². The average molecular weight is 383 g/mol. The van der Waals surface area contributed by atoms with E-state index in [9.17, 15) is 0 Å². The fourth-order valence-corrected chi connectivity index (χ4v) is 2.62. The van der Waals surface area contributed by atoms with Crippen molar-refractivity contribution in [1.29, 1.82) is 0 Å². The van der Waals surface area contributed by atoms with Crippen LogP contribution in [-0.4, -0.2) is 56.4 Å². The van der Waals surface area contributed by atoms with Crippen LogP contribution in [0.2, 0.25) is 0 Å². The molecule has 0 aliphatic carbocycles. The molecule has 0 bridgehead atoms. The van der Waals surface area contributed by atoms with Crippen molar-refractivity contribution in [3.8, 4) is 0 Å². The number of methoxy groups -OCH3 is 1. The lowest BCUT2D eigenvalue weighted by atomic mass is 9.94. The summed E-state index contributed by atoms with van der Waals surface area (Å²) in [5.74, 6) is 0.678. The molecule has 2 rings (SSSR count). The molecule has 0 atom stereocenters. The summed E-state index contributed by atoms with van der Waals surface area (Å²) >= 11 is 0. The molecule has 2 fully saturated rings. The molecule has 5 nitrogen and oxygen atoms in total. The molecule has 0 spiro atoms. The lowest BCUT2D eigenvalue weighted by Crippen LogP contribution is -2.44. The molecule has 2 aliphatic heterocycles. The monoisotopic (exact) mass is 383 g/mol. The molecule has 0 aromatic rings. The molecule has 0 saturated carbocycles. The summed E-state index contributed by atoms with van der Waals surface area (Å²) in [5, 5.41) is 0. The molecule has 2 N–H and O–H groups in total. The fourth-order valence-electron chi connectivity index (χ4n) is 2.62. The number of likely N-dealkylation sites (tertiary alicyclic amines) is 1. The first-order chi connectivity index (χ1) is 8.76. The summed E-state index contributed by atoms with van der Waals surface area (Å²) in [6.07, 6.45) is 5.56. The quantitative estimate of drug-likeness (QED) is 0.457. The standard InChI is InChI=1S/C13H25N3O2.HI/c1-17-13(5-9-18-10-6-13)11-15-12(14)16-7-3-2-4-8-16;/h2-11H2,1H3,(H2,14,15);1H. The maximum Gasteiger partial charge on any atom is 0.191 e. The Morgan fingerprint density at radius 3 is 2.47 bits per heavy atom. The van der Waals surface area contributed by atoms with Gasteiger partial charge in [0.15, 0.2) is 5.96 Å². The predicted molar refractivity (Wildman–Crippen MR) is 87.1 cm³/mol. The van der Waals surface area contributed by atoms with E-state index < -0.39 is 0 Å². The first-order valence-corrected chi connectivity index (χ1v) is 6.93. The molecule has 0 unspecified atom stereocenters. The van der Waals surface area contributed by atoms with Crippen molar-refractivity contribution in [1.82, 2.24) is 4.90 Å². The molecule has 2 saturated heterocycles. The maximum atomic E-state index is 6.07. The van der Waals surface area contributed by atoms with Crippen molar-refractivity contribution >= 4 is 29.9 Å². The van der Waals surface area contributed by atoms with Crippen molar-refractivity contribution < 1.29 is 9.47 Å². The van der Waals surface area contributed by atoms with E-state index in [4.69, 9.17) is 15.2 Å². The number of aliphatic imine (C=N–C) groups is 1. The zero-order chi connectivity index (χ0) is 12.8. The Morgan fingerprint density at radius 1 is 1.26 bits per heavy atom. The van der Waals surface area contributed by atoms with Crippen LogP contribution in [0.5, 0.6) is 0 Å². The van der Waals surface area contributed by atoms with E-state index in [2.05, 4.69) is 9.89 Å². The second-order valence-corrected chi connectivity index (χ2v) is 5.22. The number of hydrogen-bond donors (Lipinski definition) is 1. The summed E-state index contributed by atoms with van der Waals surface area (Å²) in [6, 6.07) is 0. The summed E-state index contributed by atoms with van der Waals surface area (Å²) in [4.78, 5) is 6.74. The second kappa shape index (κ2) is 8.26. The van der Waals surface area contributed by atoms with E-state index in [0.29, 0.717) is 12.5 Å². The van der Waals surface area contributed by atoms with Crippen molar-refractivity contribution in [2.75, 3.05) is 40.0 Å². The van der Waals surface area contributed by atoms with Crippen LogP contribution in [0.4, 0.5) is 0 Å². The van der Waals surface area contributed by atoms with Crippen LogP contribution in [-0.2, 0) is 9.47 Å². The summed E-state index contributed by atoms with van der Waals surface area (Å²) in [6.45, 7) is 4.24. The third-order valence-corrected chi connectivity index (χ3v) is 4.05. The average Bonchev–Trinajstić information content (AvgIpc) is 2.47. The summed E-state index contributed by atoms with van der Waals surface area (Å²) in [7, 11) is 1.76. The molecular weight excluding hydrogens is 357 g/mol. The van der Waals surface area contributed by atoms with Crippen LogP contribution in [0.3, 0.4) is 0 Å². The predicted octanol–water partition coefficient (Wildman–Crippen LogP) is 1.60. The molecule has 6 heteroatoms. The van der Waals surface area contributed by atoms with E-state index in [1.54, 1.807) is 7.11 Å². The lowest BCUT2D eigenvalue weighted by molar-refractivity contribution is -0.0829. The van der Waals surface area contributed by atoms with Gasteiger partial charge in [0.25, 0.3) is 0 Å². The van der Waals surface area contributed by atoms with Gasteiger partial charge in [0.1, 0.15) is 0 Å². The second-order valence-electron chi connectivity index (χ2n) is 5.22. The first kappa shape index (κ1) is 17.0. The van der Waals surface area contributed by atoms with Crippen molar-refractivity contribution in [2.24, 2.45) is 10.7 Å². The Kier molecular flexibility index (Phi) is 7.38. The molecule has 112 valence electrons. The highest BCUT2D eigenvalue weighted by Crippen LogP contribution is 2.24. The number of ether oxygens (including phenoxy) is 2. The van der Waals surface area contributed by atoms with E-state index in [0.717, 1.165) is 39.1 Å². The van der Waals surface area contributed by atoms with Crippen LogP contribution < -0.4 is 5.73 Å². The maximum absolute atomic E-state index is 6.07. The minimum atomic E-state index is -0.168. The van der Waals surface area contributed by atoms with Gasteiger partial charge in [-0.15, -0.1) is 24.0 Å². The normalized spacial score (nSPS) is 23.8. The lowest BCUT2D eigenvalue weighted by Gasteiger charge is -2.35. The Labute approximate surface area is 132 Å². The van der Waals surface area contributed by atoms with Gasteiger partial charge in [-0.05, 0) is 19.3 Å². The first-order valence-electron chi connectivity index (χ1n) is 6.93.